The van der Waals surface area contributed by atoms with Crippen molar-refractivity contribution in [2.75, 3.05) is 16.8 Å². The van der Waals surface area contributed by atoms with Crippen molar-refractivity contribution in [3.8, 4) is 0 Å². The Kier molecular flexibility index (Phi) is 5.24. The number of nitrogens with two attached hydrogens (primary N) is 1. The fourth-order valence-electron chi connectivity index (χ4n) is 1.25. The van der Waals surface area contributed by atoms with Crippen LogP contribution in [0.3, 0.4) is 0 Å². The van der Waals surface area contributed by atoms with Gasteiger partial charge in [0.25, 0.3) is 0 Å². The number of carbonyl (C=O) groups is 1. The molecule has 18 heavy (non-hydrogen) atoms. The molecule has 3 N–H and O–H groups in total. The number of carbonyl (C=O) groups excluding carboxylic acids is 1. The molecular formula is C11H14N2O3S2. The van der Waals surface area contributed by atoms with Crippen LogP contribution < -0.4 is 11.1 Å². The van der Waals surface area contributed by atoms with Gasteiger partial charge < -0.3 is 11.1 Å². The molecule has 0 atom stereocenters. The third-order valence-electron chi connectivity index (χ3n) is 2.07. The van der Waals surface area contributed by atoms with E-state index in [0.29, 0.717) is 5.69 Å². The number of thiocarbonyl (C=S) groups is 1. The van der Waals surface area contributed by atoms with Gasteiger partial charge in [-0.05, 0) is 12.1 Å². The Morgan fingerprint density at radius 2 is 1.89 bits per heavy atom. The molecule has 0 saturated carbocycles. The summed E-state index contributed by atoms with van der Waals surface area (Å²) in [5.41, 5.74) is 5.78. The molecule has 0 aliphatic carbocycles. The molecule has 5 nitrogen and oxygen atoms in total. The van der Waals surface area contributed by atoms with Crippen molar-refractivity contribution in [1.82, 2.24) is 0 Å². The number of hydrogen-bond donors (Lipinski definition) is 2. The number of benzene rings is 1. The highest BCUT2D eigenvalue weighted by atomic mass is 32.2. The van der Waals surface area contributed by atoms with E-state index in [9.17, 15) is 13.2 Å². The lowest BCUT2D eigenvalue weighted by Crippen LogP contribution is -2.26. The van der Waals surface area contributed by atoms with Crippen molar-refractivity contribution < 1.29 is 13.2 Å². The highest BCUT2D eigenvalue weighted by molar-refractivity contribution is 7.92. The van der Waals surface area contributed by atoms with Gasteiger partial charge in [0.15, 0.2) is 9.84 Å². The monoisotopic (exact) mass is 286 g/mol. The van der Waals surface area contributed by atoms with Gasteiger partial charge in [-0.1, -0.05) is 30.4 Å². The Hall–Kier alpha value is -1.47. The minimum atomic E-state index is -3.48. The van der Waals surface area contributed by atoms with E-state index in [0.717, 1.165) is 0 Å². The third kappa shape index (κ3) is 5.74. The second-order valence-electron chi connectivity index (χ2n) is 3.72. The minimum absolute atomic E-state index is 0.0935. The third-order valence-corrected chi connectivity index (χ3v) is 3.80. The van der Waals surface area contributed by atoms with E-state index in [2.05, 4.69) is 17.5 Å². The quantitative estimate of drug-likeness (QED) is 0.752. The average Bonchev–Trinajstić information content (AvgIpc) is 2.27. The van der Waals surface area contributed by atoms with Crippen molar-refractivity contribution >= 4 is 38.6 Å². The minimum Gasteiger partial charge on any atom is -0.393 e. The molecule has 1 aromatic rings. The number of nitrogens with one attached hydrogen (secondary N) is 1. The van der Waals surface area contributed by atoms with Gasteiger partial charge in [-0.15, -0.1) is 0 Å². The summed E-state index contributed by atoms with van der Waals surface area (Å²) in [6.45, 7) is 0. The van der Waals surface area contributed by atoms with E-state index in [4.69, 9.17) is 5.73 Å². The molecule has 7 heteroatoms. The molecule has 0 aromatic heterocycles. The maximum absolute atomic E-state index is 11.6. The second-order valence-corrected chi connectivity index (χ2v) is 6.43. The lowest BCUT2D eigenvalue weighted by Gasteiger charge is -2.05. The summed E-state index contributed by atoms with van der Waals surface area (Å²) in [5, 5.41) is 2.50. The molecule has 0 saturated heterocycles. The molecule has 0 aliphatic heterocycles. The van der Waals surface area contributed by atoms with Crippen LogP contribution in [-0.2, 0) is 14.6 Å². The standard InChI is InChI=1S/C11H14N2O3S2/c12-10(17)6-7-18(15,16)8-11(14)13-9-4-2-1-3-5-9/h1-5H,6-8H2,(H2,12,17)(H,13,14). The van der Waals surface area contributed by atoms with E-state index in [-0.39, 0.29) is 17.2 Å². The van der Waals surface area contributed by atoms with Gasteiger partial charge in [-0.25, -0.2) is 8.42 Å². The Bertz CT molecular complexity index is 526. The lowest BCUT2D eigenvalue weighted by molar-refractivity contribution is -0.113. The van der Waals surface area contributed by atoms with E-state index < -0.39 is 21.5 Å². The van der Waals surface area contributed by atoms with Crippen LogP contribution in [0.2, 0.25) is 0 Å². The predicted octanol–water partition coefficient (Wildman–Crippen LogP) is 0.716. The van der Waals surface area contributed by atoms with Gasteiger partial charge in [-0.2, -0.15) is 0 Å². The van der Waals surface area contributed by atoms with Gasteiger partial charge in [0, 0.05) is 12.1 Å². The fourth-order valence-corrected chi connectivity index (χ4v) is 2.62. The van der Waals surface area contributed by atoms with Gasteiger partial charge in [0.05, 0.1) is 10.7 Å². The summed E-state index contributed by atoms with van der Waals surface area (Å²) in [4.78, 5) is 11.6. The largest absolute Gasteiger partial charge is 0.393 e. The first-order chi connectivity index (χ1) is 8.39. The SMILES string of the molecule is NC(=S)CCS(=O)(=O)CC(=O)Nc1ccccc1. The molecule has 0 bridgehead atoms. The number of para-hydroxylation sites is 1. The maximum atomic E-state index is 11.6. The van der Waals surface area contributed by atoms with E-state index in [1.807, 2.05) is 0 Å². The van der Waals surface area contributed by atoms with Crippen LogP contribution in [0.5, 0.6) is 0 Å². The number of rotatable bonds is 6. The topological polar surface area (TPSA) is 89.3 Å². The summed E-state index contributed by atoms with van der Waals surface area (Å²) < 4.78 is 23.1. The first kappa shape index (κ1) is 14.6. The fraction of sp³-hybridized carbons (Fsp3) is 0.273. The van der Waals surface area contributed by atoms with Crippen molar-refractivity contribution in [2.24, 2.45) is 5.73 Å². The van der Waals surface area contributed by atoms with Crippen LogP contribution in [0.15, 0.2) is 30.3 Å². The number of sulfone groups is 1. The Balaban J connectivity index is 2.52. The lowest BCUT2D eigenvalue weighted by atomic mass is 10.3. The van der Waals surface area contributed by atoms with Crippen LogP contribution in [0, 0.1) is 0 Å². The summed E-state index contributed by atoms with van der Waals surface area (Å²) in [7, 11) is -3.48. The van der Waals surface area contributed by atoms with Gasteiger partial charge in [0.1, 0.15) is 5.75 Å². The van der Waals surface area contributed by atoms with Crippen molar-refractivity contribution in [3.63, 3.8) is 0 Å². The van der Waals surface area contributed by atoms with Crippen molar-refractivity contribution in [3.05, 3.63) is 30.3 Å². The number of amides is 1. The van der Waals surface area contributed by atoms with Crippen LogP contribution in [0.4, 0.5) is 5.69 Å². The summed E-state index contributed by atoms with van der Waals surface area (Å²) >= 11 is 4.59. The number of anilines is 1. The molecule has 0 spiro atoms. The molecule has 0 fully saturated rings. The highest BCUT2D eigenvalue weighted by Gasteiger charge is 2.16. The normalized spacial score (nSPS) is 10.9. The first-order valence-corrected chi connectivity index (χ1v) is 7.46. The zero-order chi connectivity index (χ0) is 13.6. The summed E-state index contributed by atoms with van der Waals surface area (Å²) in [6.07, 6.45) is 0.0935. The molecule has 0 radical (unpaired) electrons. The Morgan fingerprint density at radius 3 is 2.44 bits per heavy atom. The van der Waals surface area contributed by atoms with Gasteiger partial charge >= 0.3 is 0 Å². The maximum Gasteiger partial charge on any atom is 0.239 e. The molecule has 1 rings (SSSR count). The smallest absolute Gasteiger partial charge is 0.239 e. The molecule has 1 amide bonds. The van der Waals surface area contributed by atoms with Gasteiger partial charge in [0.2, 0.25) is 5.91 Å². The summed E-state index contributed by atoms with van der Waals surface area (Å²) in [5.74, 6) is -1.33. The van der Waals surface area contributed by atoms with Crippen LogP contribution >= 0.6 is 12.2 Å². The highest BCUT2D eigenvalue weighted by Crippen LogP contribution is 2.05. The van der Waals surface area contributed by atoms with Crippen LogP contribution in [0.25, 0.3) is 0 Å². The van der Waals surface area contributed by atoms with Crippen molar-refractivity contribution in [1.29, 1.82) is 0 Å². The van der Waals surface area contributed by atoms with E-state index in [1.54, 1.807) is 30.3 Å². The molecular weight excluding hydrogens is 272 g/mol. The molecule has 1 aromatic carbocycles. The predicted molar refractivity (Wildman–Crippen MR) is 75.1 cm³/mol. The molecule has 0 heterocycles. The Labute approximate surface area is 111 Å². The van der Waals surface area contributed by atoms with E-state index in [1.165, 1.54) is 0 Å². The van der Waals surface area contributed by atoms with Crippen molar-refractivity contribution in [2.45, 2.75) is 6.42 Å². The first-order valence-electron chi connectivity index (χ1n) is 5.23. The average molecular weight is 286 g/mol. The molecule has 0 aliphatic rings. The number of hydrogen-bond acceptors (Lipinski definition) is 4. The van der Waals surface area contributed by atoms with Gasteiger partial charge in [-0.3, -0.25) is 4.79 Å². The summed E-state index contributed by atoms with van der Waals surface area (Å²) in [6, 6.07) is 8.65. The second kappa shape index (κ2) is 6.46. The zero-order valence-electron chi connectivity index (χ0n) is 9.63. The molecule has 98 valence electrons. The van der Waals surface area contributed by atoms with E-state index >= 15 is 0 Å². The van der Waals surface area contributed by atoms with Crippen LogP contribution in [0.1, 0.15) is 6.42 Å². The Morgan fingerprint density at radius 1 is 1.28 bits per heavy atom. The van der Waals surface area contributed by atoms with Crippen LogP contribution in [-0.4, -0.2) is 30.8 Å². The molecule has 0 unspecified atom stereocenters. The zero-order valence-corrected chi connectivity index (χ0v) is 11.3.